The van der Waals surface area contributed by atoms with Crippen molar-refractivity contribution in [1.29, 1.82) is 0 Å². The summed E-state index contributed by atoms with van der Waals surface area (Å²) in [6.07, 6.45) is 2.53. The van der Waals surface area contributed by atoms with Gasteiger partial charge in [0.05, 0.1) is 17.9 Å². The first kappa shape index (κ1) is 25.4. The zero-order valence-corrected chi connectivity index (χ0v) is 21.5. The van der Waals surface area contributed by atoms with Gasteiger partial charge in [0, 0.05) is 18.5 Å². The average molecular weight is 517 g/mol. The van der Waals surface area contributed by atoms with Gasteiger partial charge in [-0.15, -0.1) is 15.3 Å². The van der Waals surface area contributed by atoms with Crippen molar-refractivity contribution in [3.8, 4) is 28.5 Å². The number of H-pyrrole nitrogens is 1. The van der Waals surface area contributed by atoms with Crippen molar-refractivity contribution in [2.75, 3.05) is 0 Å². The Morgan fingerprint density at radius 2 is 1.66 bits per heavy atom. The molecule has 0 aliphatic carbocycles. The minimum atomic E-state index is -3.03. The number of benzene rings is 2. The second kappa shape index (κ2) is 11.0. The lowest BCUT2D eigenvalue weighted by molar-refractivity contribution is -0.0232. The third kappa shape index (κ3) is 5.25. The topological polar surface area (TPSA) is 90.1 Å². The maximum atomic E-state index is 14.6. The molecule has 0 saturated carbocycles. The molecule has 196 valence electrons. The van der Waals surface area contributed by atoms with Crippen molar-refractivity contribution >= 4 is 0 Å². The summed E-state index contributed by atoms with van der Waals surface area (Å²) in [6.45, 7) is 4.17. The number of nitrogens with one attached hydrogen (secondary N) is 1. The first-order chi connectivity index (χ1) is 18.5. The third-order valence-corrected chi connectivity index (χ3v) is 6.45. The Morgan fingerprint density at radius 3 is 2.34 bits per heavy atom. The van der Waals surface area contributed by atoms with E-state index in [1.165, 1.54) is 0 Å². The molecule has 0 radical (unpaired) electrons. The number of aromatic nitrogens is 8. The van der Waals surface area contributed by atoms with E-state index in [0.717, 1.165) is 41.0 Å². The molecule has 3 aromatic heterocycles. The van der Waals surface area contributed by atoms with Gasteiger partial charge in [0.25, 0.3) is 0 Å². The highest BCUT2D eigenvalue weighted by atomic mass is 19.3. The predicted octanol–water partition coefficient (Wildman–Crippen LogP) is 6.20. The normalized spacial score (nSPS) is 11.8. The minimum Gasteiger partial charge on any atom is -0.306 e. The van der Waals surface area contributed by atoms with Crippen LogP contribution in [0.5, 0.6) is 0 Å². The molecule has 38 heavy (non-hydrogen) atoms. The number of tetrazole rings is 1. The van der Waals surface area contributed by atoms with Crippen molar-refractivity contribution in [2.24, 2.45) is 0 Å². The molecule has 0 bridgehead atoms. The zero-order chi connectivity index (χ0) is 26.5. The van der Waals surface area contributed by atoms with Gasteiger partial charge in [0.15, 0.2) is 0 Å². The molecule has 5 aromatic rings. The van der Waals surface area contributed by atoms with Gasteiger partial charge in [-0.2, -0.15) is 14.0 Å². The Labute approximate surface area is 219 Å². The van der Waals surface area contributed by atoms with Gasteiger partial charge in [-0.25, -0.2) is 9.67 Å². The summed E-state index contributed by atoms with van der Waals surface area (Å²) in [7, 11) is 0. The molecule has 0 unspecified atom stereocenters. The largest absolute Gasteiger partial charge is 0.308 e. The van der Waals surface area contributed by atoms with Crippen LogP contribution in [0.1, 0.15) is 56.7 Å². The van der Waals surface area contributed by atoms with Crippen LogP contribution in [0, 0.1) is 0 Å². The number of alkyl halides is 2. The van der Waals surface area contributed by atoms with Crippen molar-refractivity contribution in [3.05, 3.63) is 83.9 Å². The van der Waals surface area contributed by atoms with E-state index in [-0.39, 0.29) is 12.2 Å². The van der Waals surface area contributed by atoms with E-state index in [1.807, 2.05) is 54.6 Å². The van der Waals surface area contributed by atoms with Crippen molar-refractivity contribution in [1.82, 2.24) is 40.0 Å². The lowest BCUT2D eigenvalue weighted by Gasteiger charge is -2.14. The zero-order valence-electron chi connectivity index (χ0n) is 21.5. The molecule has 0 atom stereocenters. The molecule has 0 saturated heterocycles. The van der Waals surface area contributed by atoms with E-state index in [2.05, 4.69) is 54.3 Å². The van der Waals surface area contributed by atoms with Crippen molar-refractivity contribution < 1.29 is 8.78 Å². The second-order valence-corrected chi connectivity index (χ2v) is 9.27. The maximum Gasteiger partial charge on any atom is 0.308 e. The number of halogens is 2. The molecule has 0 aliphatic heterocycles. The van der Waals surface area contributed by atoms with E-state index in [1.54, 1.807) is 11.6 Å². The molecule has 0 aliphatic rings. The number of aryl methyl sites for hydroxylation is 1. The quantitative estimate of drug-likeness (QED) is 0.226. The summed E-state index contributed by atoms with van der Waals surface area (Å²) in [5.41, 5.74) is 4.69. The number of aromatic amines is 1. The highest BCUT2D eigenvalue weighted by Gasteiger charge is 2.36. The SMILES string of the molecule is CCCCc1nc(C(F)(F)CCC)nn1Cc1ccc(-n2c(-c3ccccc3)ccc2-c2nn[nH]n2)cc1. The summed E-state index contributed by atoms with van der Waals surface area (Å²) in [5.74, 6) is -2.33. The first-order valence-corrected chi connectivity index (χ1v) is 12.9. The van der Waals surface area contributed by atoms with E-state index in [4.69, 9.17) is 0 Å². The monoisotopic (exact) mass is 516 g/mol. The molecule has 0 spiro atoms. The van der Waals surface area contributed by atoms with E-state index in [9.17, 15) is 8.78 Å². The van der Waals surface area contributed by atoms with Gasteiger partial charge in [0.2, 0.25) is 11.6 Å². The molecule has 0 fully saturated rings. The Balaban J connectivity index is 1.48. The van der Waals surface area contributed by atoms with Crippen LogP contribution >= 0.6 is 0 Å². The fourth-order valence-electron chi connectivity index (χ4n) is 4.52. The number of unbranched alkanes of at least 4 members (excludes halogenated alkanes) is 1. The molecular formula is C28H30F2N8. The van der Waals surface area contributed by atoms with E-state index >= 15 is 0 Å². The van der Waals surface area contributed by atoms with Gasteiger partial charge in [-0.3, -0.25) is 0 Å². The molecule has 2 aromatic carbocycles. The van der Waals surface area contributed by atoms with Gasteiger partial charge >= 0.3 is 5.92 Å². The highest BCUT2D eigenvalue weighted by molar-refractivity contribution is 5.70. The molecule has 8 nitrogen and oxygen atoms in total. The summed E-state index contributed by atoms with van der Waals surface area (Å²) in [6, 6.07) is 22.0. The average Bonchev–Trinajstić information content (AvgIpc) is 3.68. The van der Waals surface area contributed by atoms with E-state index < -0.39 is 5.92 Å². The fraction of sp³-hybridized carbons (Fsp3) is 0.321. The number of hydrogen-bond donors (Lipinski definition) is 1. The number of rotatable bonds is 11. The molecular weight excluding hydrogens is 486 g/mol. The standard InChI is InChI=1S/C28H30F2N8/c1-3-5-11-25-31-27(28(29,30)18-4-2)34-37(25)19-20-12-14-22(15-13-20)38-23(21-9-7-6-8-10-21)16-17-24(38)26-32-35-36-33-26/h6-10,12-17H,3-5,11,18-19H2,1-2H3,(H,32,33,35,36). The van der Waals surface area contributed by atoms with Crippen molar-refractivity contribution in [2.45, 2.75) is 58.4 Å². The number of nitrogens with zero attached hydrogens (tertiary/aromatic N) is 7. The minimum absolute atomic E-state index is 0.262. The van der Waals surface area contributed by atoms with Crippen LogP contribution in [0.2, 0.25) is 0 Å². The van der Waals surface area contributed by atoms with Crippen LogP contribution in [0.25, 0.3) is 28.5 Å². The Hall–Kier alpha value is -4.21. The molecule has 10 heteroatoms. The molecule has 0 amide bonds. The van der Waals surface area contributed by atoms with Crippen LogP contribution in [-0.2, 0) is 18.9 Å². The highest BCUT2D eigenvalue weighted by Crippen LogP contribution is 2.32. The Morgan fingerprint density at radius 1 is 0.895 bits per heavy atom. The van der Waals surface area contributed by atoms with E-state index in [0.29, 0.717) is 31.0 Å². The van der Waals surface area contributed by atoms with Gasteiger partial charge in [-0.05, 0) is 53.4 Å². The first-order valence-electron chi connectivity index (χ1n) is 12.9. The predicted molar refractivity (Wildman–Crippen MR) is 141 cm³/mol. The lowest BCUT2D eigenvalue weighted by atomic mass is 10.1. The van der Waals surface area contributed by atoms with Gasteiger partial charge in [-0.1, -0.05) is 62.7 Å². The van der Waals surface area contributed by atoms with Crippen LogP contribution in [0.4, 0.5) is 8.78 Å². The summed E-state index contributed by atoms with van der Waals surface area (Å²) < 4.78 is 32.9. The third-order valence-electron chi connectivity index (χ3n) is 6.45. The van der Waals surface area contributed by atoms with Gasteiger partial charge in [0.1, 0.15) is 5.82 Å². The number of hydrogen-bond acceptors (Lipinski definition) is 5. The second-order valence-electron chi connectivity index (χ2n) is 9.27. The smallest absolute Gasteiger partial charge is 0.306 e. The Bertz CT molecular complexity index is 1450. The summed E-state index contributed by atoms with van der Waals surface area (Å²) in [4.78, 5) is 4.25. The van der Waals surface area contributed by atoms with Crippen LogP contribution in [-0.4, -0.2) is 40.0 Å². The Kier molecular flexibility index (Phi) is 7.39. The maximum absolute atomic E-state index is 14.6. The van der Waals surface area contributed by atoms with Crippen LogP contribution in [0.3, 0.4) is 0 Å². The molecule has 5 rings (SSSR count). The molecule has 3 heterocycles. The van der Waals surface area contributed by atoms with Crippen molar-refractivity contribution in [3.63, 3.8) is 0 Å². The van der Waals surface area contributed by atoms with Crippen LogP contribution < -0.4 is 0 Å². The molecule has 1 N–H and O–H groups in total. The summed E-state index contributed by atoms with van der Waals surface area (Å²) >= 11 is 0. The van der Waals surface area contributed by atoms with Gasteiger partial charge < -0.3 is 4.57 Å². The lowest BCUT2D eigenvalue weighted by Crippen LogP contribution is -2.15. The van der Waals surface area contributed by atoms with Crippen LogP contribution in [0.15, 0.2) is 66.7 Å². The summed E-state index contributed by atoms with van der Waals surface area (Å²) in [5, 5.41) is 18.8. The fourth-order valence-corrected chi connectivity index (χ4v) is 4.52.